The fourth-order valence-electron chi connectivity index (χ4n) is 18.7. The molecule has 336 valence electrons. The van der Waals surface area contributed by atoms with E-state index in [1.165, 1.54) is 111 Å². The van der Waals surface area contributed by atoms with Gasteiger partial charge in [-0.1, -0.05) is 205 Å². The zero-order chi connectivity index (χ0) is 46.6. The Kier molecular flexibility index (Phi) is 6.69. The number of ketones is 2. The van der Waals surface area contributed by atoms with Crippen LogP contribution in [0.5, 0.6) is 0 Å². The van der Waals surface area contributed by atoms with Crippen LogP contribution in [0.4, 0.5) is 0 Å². The highest BCUT2D eigenvalue weighted by Crippen LogP contribution is 2.74. The summed E-state index contributed by atoms with van der Waals surface area (Å²) in [4.78, 5) is 35.4. The third kappa shape index (κ3) is 4.02. The van der Waals surface area contributed by atoms with Gasteiger partial charge in [0.25, 0.3) is 0 Å². The van der Waals surface area contributed by atoms with Crippen molar-refractivity contribution in [2.75, 3.05) is 0 Å². The first-order valence-electron chi connectivity index (χ1n) is 26.4. The van der Waals surface area contributed by atoms with Crippen LogP contribution >= 0.6 is 0 Å². The fraction of sp³-hybridized carbons (Fsp3) is 0.171. The van der Waals surface area contributed by atoms with E-state index in [0.29, 0.717) is 0 Å². The van der Waals surface area contributed by atoms with Gasteiger partial charge < -0.3 is 0 Å². The minimum Gasteiger partial charge on any atom is -0.294 e. The van der Waals surface area contributed by atoms with Crippen molar-refractivity contribution < 1.29 is 9.59 Å². The third-order valence-corrected chi connectivity index (χ3v) is 20.5. The Balaban J connectivity index is 0.978. The van der Waals surface area contributed by atoms with Crippen molar-refractivity contribution in [1.82, 2.24) is 0 Å². The maximum absolute atomic E-state index is 17.7. The van der Waals surface area contributed by atoms with Gasteiger partial charge in [-0.05, 0) is 111 Å². The fourth-order valence-corrected chi connectivity index (χ4v) is 18.7. The maximum atomic E-state index is 17.7. The smallest absolute Gasteiger partial charge is 0.168 e. The number of carbonyl (C=O) groups excluding carboxylic acids is 2. The van der Waals surface area contributed by atoms with Crippen molar-refractivity contribution >= 4 is 11.6 Å². The maximum Gasteiger partial charge on any atom is 0.168 e. The molecular formula is C70H44O2. The van der Waals surface area contributed by atoms with E-state index in [-0.39, 0.29) is 70.7 Å². The number of carbonyl (C=O) groups is 2. The van der Waals surface area contributed by atoms with E-state index in [4.69, 9.17) is 0 Å². The second-order valence-electron chi connectivity index (χ2n) is 22.7. The van der Waals surface area contributed by atoms with Crippen LogP contribution in [0.25, 0.3) is 0 Å². The van der Waals surface area contributed by atoms with Crippen LogP contribution in [0.1, 0.15) is 179 Å². The van der Waals surface area contributed by atoms with E-state index in [1.54, 1.807) is 0 Å². The zero-order valence-electron chi connectivity index (χ0n) is 39.2. The van der Waals surface area contributed by atoms with Gasteiger partial charge in [0, 0.05) is 82.1 Å². The van der Waals surface area contributed by atoms with Gasteiger partial charge in [-0.15, -0.1) is 0 Å². The van der Waals surface area contributed by atoms with Crippen molar-refractivity contribution in [2.24, 2.45) is 23.7 Å². The van der Waals surface area contributed by atoms with Crippen LogP contribution < -0.4 is 0 Å². The van der Waals surface area contributed by atoms with Gasteiger partial charge in [-0.3, -0.25) is 9.59 Å². The highest BCUT2D eigenvalue weighted by molar-refractivity contribution is 6.20. The summed E-state index contributed by atoms with van der Waals surface area (Å²) in [5.74, 6) is -1.51. The molecule has 0 spiro atoms. The van der Waals surface area contributed by atoms with Crippen LogP contribution in [0, 0.1) is 23.7 Å². The Morgan fingerprint density at radius 1 is 0.208 bits per heavy atom. The topological polar surface area (TPSA) is 34.1 Å². The minimum absolute atomic E-state index is 0.00442. The van der Waals surface area contributed by atoms with Gasteiger partial charge in [0.2, 0.25) is 0 Å². The van der Waals surface area contributed by atoms with Crippen LogP contribution in [-0.2, 0) is 0 Å². The normalized spacial score (nSPS) is 29.1. The molecule has 14 aliphatic carbocycles. The van der Waals surface area contributed by atoms with Crippen molar-refractivity contribution in [3.8, 4) is 0 Å². The summed E-state index contributed by atoms with van der Waals surface area (Å²) >= 11 is 0. The van der Waals surface area contributed by atoms with E-state index in [9.17, 15) is 0 Å². The van der Waals surface area contributed by atoms with E-state index in [2.05, 4.69) is 194 Å². The van der Waals surface area contributed by atoms with Crippen molar-refractivity contribution in [3.63, 3.8) is 0 Å². The van der Waals surface area contributed by atoms with Crippen LogP contribution in [0.3, 0.4) is 0 Å². The SMILES string of the molecule is O=C1c2c(c3c(c4c2C2c5ccccc5C4c4ccccc42)C2c4ccccc4C3c3ccccc32)C(=O)[C@H]2[C@@H]1[C@@H]1C(=C3C4c5ccccc5C(c5ccccc54)[C@H]32)C2c3ccccc3C1c1ccccc12. The molecule has 4 atom stereocenters. The summed E-state index contributed by atoms with van der Waals surface area (Å²) in [5.41, 5.74) is 30.6. The zero-order valence-corrected chi connectivity index (χ0v) is 39.2. The lowest BCUT2D eigenvalue weighted by Gasteiger charge is -2.62. The molecule has 0 unspecified atom stereocenters. The molecule has 0 aromatic heterocycles. The van der Waals surface area contributed by atoms with Crippen molar-refractivity contribution in [2.45, 2.75) is 47.3 Å². The molecule has 8 bridgehead atoms. The molecule has 0 radical (unpaired) electrons. The van der Waals surface area contributed by atoms with Gasteiger partial charge in [0.15, 0.2) is 11.6 Å². The average Bonchev–Trinajstić information content (AvgIpc) is 3.45. The minimum atomic E-state index is -0.532. The number of Topliss-reactive ketones (excluding diaryl/α,β-unsaturated/α-hetero) is 2. The molecule has 23 rings (SSSR count). The monoisotopic (exact) mass is 916 g/mol. The van der Waals surface area contributed by atoms with Gasteiger partial charge in [-0.2, -0.15) is 0 Å². The molecule has 0 saturated carbocycles. The number of rotatable bonds is 0. The Morgan fingerprint density at radius 3 is 0.639 bits per heavy atom. The molecule has 2 heteroatoms. The molecule has 72 heavy (non-hydrogen) atoms. The summed E-state index contributed by atoms with van der Waals surface area (Å²) in [6.07, 6.45) is 0. The average molecular weight is 917 g/mol. The third-order valence-electron chi connectivity index (χ3n) is 20.5. The number of hydrogen-bond donors (Lipinski definition) is 0. The predicted molar refractivity (Wildman–Crippen MR) is 279 cm³/mol. The summed E-state index contributed by atoms with van der Waals surface area (Å²) < 4.78 is 0. The molecule has 9 aromatic carbocycles. The molecule has 9 aromatic rings. The first-order chi connectivity index (χ1) is 35.7. The molecule has 0 heterocycles. The number of benzene rings is 9. The first kappa shape index (κ1) is 37.8. The summed E-state index contributed by atoms with van der Waals surface area (Å²) in [6, 6.07) is 72.9. The van der Waals surface area contributed by atoms with Gasteiger partial charge >= 0.3 is 0 Å². The van der Waals surface area contributed by atoms with Crippen LogP contribution in [0.15, 0.2) is 205 Å². The quantitative estimate of drug-likeness (QED) is 0.142. The van der Waals surface area contributed by atoms with Crippen LogP contribution in [0.2, 0.25) is 0 Å². The molecule has 0 fully saturated rings. The Hall–Kier alpha value is -7.94. The molecule has 0 amide bonds. The summed E-state index contributed by atoms with van der Waals surface area (Å²) in [6.45, 7) is 0. The lowest BCUT2D eigenvalue weighted by molar-refractivity contribution is 0.0528. The molecule has 14 aliphatic rings. The molecule has 0 N–H and O–H groups in total. The molecule has 0 saturated heterocycles. The Labute approximate surface area is 417 Å². The number of fused-ring (bicyclic) bond motifs is 2. The van der Waals surface area contributed by atoms with Gasteiger partial charge in [-0.25, -0.2) is 0 Å². The van der Waals surface area contributed by atoms with E-state index >= 15 is 9.59 Å². The van der Waals surface area contributed by atoms with Gasteiger partial charge in [0.1, 0.15) is 0 Å². The first-order valence-corrected chi connectivity index (χ1v) is 26.4. The van der Waals surface area contributed by atoms with E-state index < -0.39 is 11.8 Å². The number of hydrogen-bond acceptors (Lipinski definition) is 2. The van der Waals surface area contributed by atoms with E-state index in [0.717, 1.165) is 22.3 Å². The Morgan fingerprint density at radius 2 is 0.403 bits per heavy atom. The van der Waals surface area contributed by atoms with Crippen molar-refractivity contribution in [3.05, 3.63) is 328 Å². The summed E-state index contributed by atoms with van der Waals surface area (Å²) in [5, 5.41) is 0. The standard InChI is InChI=1S/C70H44O2/c71-69-65-61-53-41-25-9-1-17-33(41)49(34-18-2-10-26-42(34)53)57(61)58-50-35-19-3-11-27-43(35)54(44-28-12-4-20-36(44)50)62(58)66(65)70(72)68-64-56-47-31-15-7-23-39(47)52(40-24-8-16-32-48(40)56)60(64)59-51-37-21-5-13-29-45(37)55(63(59)67(68)69)46-30-14-6-22-38(46)51/h1-32,49-56,61-62,65-66H/t49?,50?,51?,52?,53?,54?,55?,56?,61-,62+,65-,66+. The Bertz CT molecular complexity index is 3690. The molecular weight excluding hydrogens is 873 g/mol. The number of allylic oxidation sites excluding steroid dienone is 2. The molecule has 0 aliphatic heterocycles. The van der Waals surface area contributed by atoms with E-state index in [1.807, 2.05) is 0 Å². The van der Waals surface area contributed by atoms with Crippen molar-refractivity contribution in [1.29, 1.82) is 0 Å². The second kappa shape index (κ2) is 12.7. The molecule has 2 nitrogen and oxygen atoms in total. The highest BCUT2D eigenvalue weighted by Gasteiger charge is 2.67. The highest BCUT2D eigenvalue weighted by atomic mass is 16.1. The van der Waals surface area contributed by atoms with Crippen LogP contribution in [-0.4, -0.2) is 11.6 Å². The largest absolute Gasteiger partial charge is 0.294 e. The lowest BCUT2D eigenvalue weighted by Crippen LogP contribution is -2.57. The van der Waals surface area contributed by atoms with Gasteiger partial charge in [0.05, 0.1) is 0 Å². The summed E-state index contributed by atoms with van der Waals surface area (Å²) in [7, 11) is 0. The lowest BCUT2D eigenvalue weighted by atomic mass is 9.40. The predicted octanol–water partition coefficient (Wildman–Crippen LogP) is 14.4. The second-order valence-corrected chi connectivity index (χ2v) is 22.7.